The van der Waals surface area contributed by atoms with Gasteiger partial charge in [0, 0.05) is 12.1 Å². The zero-order chi connectivity index (χ0) is 19.5. The summed E-state index contributed by atoms with van der Waals surface area (Å²) in [6.45, 7) is -0.0485. The van der Waals surface area contributed by atoms with Gasteiger partial charge in [0.05, 0.1) is 24.5 Å². The number of hydrogen-bond donors (Lipinski definition) is 0. The van der Waals surface area contributed by atoms with Crippen LogP contribution in [0, 0.1) is 11.8 Å². The molecule has 7 nitrogen and oxygen atoms in total. The van der Waals surface area contributed by atoms with E-state index in [9.17, 15) is 14.4 Å². The minimum absolute atomic E-state index is 0.0450. The van der Waals surface area contributed by atoms with Crippen LogP contribution in [0.4, 0.5) is 0 Å². The van der Waals surface area contributed by atoms with Gasteiger partial charge in [-0.2, -0.15) is 0 Å². The lowest BCUT2D eigenvalue weighted by atomic mass is 9.85. The lowest BCUT2D eigenvalue weighted by Gasteiger charge is -2.14. The zero-order valence-corrected chi connectivity index (χ0v) is 15.2. The van der Waals surface area contributed by atoms with Crippen molar-refractivity contribution < 1.29 is 23.5 Å². The van der Waals surface area contributed by atoms with Crippen LogP contribution in [0.2, 0.25) is 0 Å². The van der Waals surface area contributed by atoms with E-state index in [1.807, 2.05) is 42.5 Å². The first kappa shape index (κ1) is 18.2. The van der Waals surface area contributed by atoms with Crippen LogP contribution in [-0.4, -0.2) is 34.2 Å². The third-order valence-electron chi connectivity index (χ3n) is 5.11. The van der Waals surface area contributed by atoms with Gasteiger partial charge in [-0.3, -0.25) is 19.3 Å². The molecule has 0 radical (unpaired) electrons. The lowest BCUT2D eigenvalue weighted by molar-refractivity contribution is -0.147. The van der Waals surface area contributed by atoms with E-state index in [0.29, 0.717) is 18.6 Å². The summed E-state index contributed by atoms with van der Waals surface area (Å²) in [6.07, 6.45) is 6.58. The number of fused-ring (bicyclic) bond motifs is 1. The van der Waals surface area contributed by atoms with Crippen molar-refractivity contribution in [1.82, 2.24) is 9.88 Å². The second-order valence-electron chi connectivity index (χ2n) is 6.88. The highest BCUT2D eigenvalue weighted by Gasteiger charge is 2.46. The molecule has 1 aromatic heterocycles. The van der Waals surface area contributed by atoms with Crippen LogP contribution in [0.1, 0.15) is 25.2 Å². The molecule has 2 aliphatic rings. The number of aromatic nitrogens is 1. The molecule has 1 aliphatic carbocycles. The maximum atomic E-state index is 12.4. The van der Waals surface area contributed by atoms with Crippen LogP contribution in [0.15, 0.2) is 53.1 Å². The molecule has 0 N–H and O–H groups in total. The Bertz CT molecular complexity index is 892. The Morgan fingerprint density at radius 1 is 1.11 bits per heavy atom. The number of imide groups is 1. The summed E-state index contributed by atoms with van der Waals surface area (Å²) >= 11 is 0. The maximum Gasteiger partial charge on any atom is 0.308 e. The molecule has 4 rings (SSSR count). The number of hydrogen-bond acceptors (Lipinski definition) is 6. The molecule has 1 saturated heterocycles. The number of amides is 2. The summed E-state index contributed by atoms with van der Waals surface area (Å²) in [6, 6.07) is 9.49. The summed E-state index contributed by atoms with van der Waals surface area (Å²) in [5, 5.41) is 0. The number of carbonyl (C=O) groups excluding carboxylic acids is 3. The SMILES string of the molecule is O=C(CCN1C(=O)[C@@H]2CC=CC[C@H]2C1=O)OCc1ncc(-c2ccccc2)o1. The molecule has 2 amide bonds. The van der Waals surface area contributed by atoms with Gasteiger partial charge in [0.1, 0.15) is 0 Å². The highest BCUT2D eigenvalue weighted by Crippen LogP contribution is 2.35. The van der Waals surface area contributed by atoms with Crippen molar-refractivity contribution >= 4 is 17.8 Å². The van der Waals surface area contributed by atoms with Gasteiger partial charge in [0.2, 0.25) is 17.7 Å². The van der Waals surface area contributed by atoms with Crippen molar-refractivity contribution in [3.8, 4) is 11.3 Å². The number of oxazole rings is 1. The van der Waals surface area contributed by atoms with Crippen LogP contribution in [0.25, 0.3) is 11.3 Å². The number of rotatable bonds is 6. The lowest BCUT2D eigenvalue weighted by Crippen LogP contribution is -2.33. The smallest absolute Gasteiger partial charge is 0.308 e. The third kappa shape index (κ3) is 3.60. The van der Waals surface area contributed by atoms with Crippen LogP contribution in [0.3, 0.4) is 0 Å². The Balaban J connectivity index is 1.27. The van der Waals surface area contributed by atoms with Crippen molar-refractivity contribution in [2.45, 2.75) is 25.9 Å². The van der Waals surface area contributed by atoms with Crippen molar-refractivity contribution in [2.75, 3.05) is 6.54 Å². The molecule has 2 atom stereocenters. The Morgan fingerprint density at radius 3 is 2.46 bits per heavy atom. The molecular formula is C21H20N2O5. The summed E-state index contributed by atoms with van der Waals surface area (Å²) in [5.41, 5.74) is 0.884. The largest absolute Gasteiger partial charge is 0.456 e. The molecule has 2 heterocycles. The second-order valence-corrected chi connectivity index (χ2v) is 6.88. The second kappa shape index (κ2) is 7.80. The average Bonchev–Trinajstić information content (AvgIpc) is 3.30. The van der Waals surface area contributed by atoms with Gasteiger partial charge in [-0.25, -0.2) is 4.98 Å². The molecule has 144 valence electrons. The first-order valence-corrected chi connectivity index (χ1v) is 9.29. The summed E-state index contributed by atoms with van der Waals surface area (Å²) in [7, 11) is 0. The van der Waals surface area contributed by atoms with E-state index in [4.69, 9.17) is 9.15 Å². The number of benzene rings is 1. The number of nitrogens with zero attached hydrogens (tertiary/aromatic N) is 2. The topological polar surface area (TPSA) is 89.7 Å². The quantitative estimate of drug-likeness (QED) is 0.435. The predicted octanol–water partition coefficient (Wildman–Crippen LogP) is 2.73. The van der Waals surface area contributed by atoms with Gasteiger partial charge in [-0.05, 0) is 12.8 Å². The standard InChI is InChI=1S/C21H20N2O5/c24-19(10-11-23-20(25)15-8-4-5-9-16(15)21(23)26)27-13-18-22-12-17(28-18)14-6-2-1-3-7-14/h1-7,12,15-16H,8-11,13H2/t15-,16-/m1/s1. The van der Waals surface area contributed by atoms with Crippen molar-refractivity contribution in [1.29, 1.82) is 0 Å². The number of carbonyl (C=O) groups is 3. The fourth-order valence-electron chi connectivity index (χ4n) is 3.62. The molecule has 28 heavy (non-hydrogen) atoms. The minimum atomic E-state index is -0.506. The Labute approximate surface area is 162 Å². The third-order valence-corrected chi connectivity index (χ3v) is 5.11. The number of allylic oxidation sites excluding steroid dienone is 2. The van der Waals surface area contributed by atoms with E-state index in [1.165, 1.54) is 4.90 Å². The fourth-order valence-corrected chi connectivity index (χ4v) is 3.62. The highest BCUT2D eigenvalue weighted by molar-refractivity contribution is 6.05. The van der Waals surface area contributed by atoms with Crippen molar-refractivity contribution in [3.63, 3.8) is 0 Å². The maximum absolute atomic E-state index is 12.4. The van der Waals surface area contributed by atoms with E-state index in [0.717, 1.165) is 5.56 Å². The van der Waals surface area contributed by atoms with Gasteiger partial charge in [-0.1, -0.05) is 42.5 Å². The molecule has 0 spiro atoms. The molecule has 7 heteroatoms. The first-order chi connectivity index (χ1) is 13.6. The van der Waals surface area contributed by atoms with E-state index in [1.54, 1.807) is 6.20 Å². The molecule has 2 aromatic rings. The van der Waals surface area contributed by atoms with E-state index in [2.05, 4.69) is 4.98 Å². The number of ether oxygens (including phenoxy) is 1. The Kier molecular flexibility index (Phi) is 5.06. The summed E-state index contributed by atoms with van der Waals surface area (Å²) < 4.78 is 10.8. The van der Waals surface area contributed by atoms with Gasteiger partial charge >= 0.3 is 5.97 Å². The van der Waals surface area contributed by atoms with Crippen LogP contribution < -0.4 is 0 Å². The Hall–Kier alpha value is -3.22. The van der Waals surface area contributed by atoms with Crippen LogP contribution in [-0.2, 0) is 25.7 Å². The van der Waals surface area contributed by atoms with Gasteiger partial charge in [-0.15, -0.1) is 0 Å². The number of esters is 1. The zero-order valence-electron chi connectivity index (χ0n) is 15.2. The predicted molar refractivity (Wildman–Crippen MR) is 98.4 cm³/mol. The number of likely N-dealkylation sites (tertiary alicyclic amines) is 1. The summed E-state index contributed by atoms with van der Waals surface area (Å²) in [5.74, 6) is -0.559. The normalized spacial score (nSPS) is 21.1. The monoisotopic (exact) mass is 380 g/mol. The molecule has 1 aliphatic heterocycles. The molecular weight excluding hydrogens is 360 g/mol. The summed E-state index contributed by atoms with van der Waals surface area (Å²) in [4.78, 5) is 42.1. The van der Waals surface area contributed by atoms with Crippen molar-refractivity contribution in [2.24, 2.45) is 11.8 Å². The average molecular weight is 380 g/mol. The molecule has 1 fully saturated rings. The Morgan fingerprint density at radius 2 is 1.79 bits per heavy atom. The van der Waals surface area contributed by atoms with Gasteiger partial charge < -0.3 is 9.15 Å². The fraction of sp³-hybridized carbons (Fsp3) is 0.333. The van der Waals surface area contributed by atoms with E-state index >= 15 is 0 Å². The first-order valence-electron chi connectivity index (χ1n) is 9.29. The van der Waals surface area contributed by atoms with Gasteiger partial charge in [0.25, 0.3) is 0 Å². The molecule has 0 saturated carbocycles. The van der Waals surface area contributed by atoms with Crippen LogP contribution in [0.5, 0.6) is 0 Å². The highest BCUT2D eigenvalue weighted by atomic mass is 16.5. The molecule has 1 aromatic carbocycles. The minimum Gasteiger partial charge on any atom is -0.456 e. The molecule has 0 unspecified atom stereocenters. The van der Waals surface area contributed by atoms with E-state index in [-0.39, 0.29) is 49.1 Å². The van der Waals surface area contributed by atoms with E-state index < -0.39 is 5.97 Å². The molecule has 0 bridgehead atoms. The van der Waals surface area contributed by atoms with Crippen molar-refractivity contribution in [3.05, 3.63) is 54.6 Å². The van der Waals surface area contributed by atoms with Gasteiger partial charge in [0.15, 0.2) is 12.4 Å². The van der Waals surface area contributed by atoms with Crippen LogP contribution >= 0.6 is 0 Å².